The molecule has 0 radical (unpaired) electrons. The largest absolute Gasteiger partial charge is 0.478 e. The Hall–Kier alpha value is -2.70. The van der Waals surface area contributed by atoms with Crippen molar-refractivity contribution in [3.63, 3.8) is 0 Å². The van der Waals surface area contributed by atoms with E-state index in [4.69, 9.17) is 5.11 Å². The highest BCUT2D eigenvalue weighted by atomic mass is 16.4. The number of anilines is 1. The Balaban J connectivity index is 2.16. The molecule has 0 fully saturated rings. The standard InChI is InChI=1S/C11H10N4O3/c1-15-3-2-9(14-15)10(16)13-8-4-7(11(17)18)5-12-6-8/h2-6H,1H3,(H,13,16)(H,17,18). The number of carboxylic acid groups (broad SMARTS) is 1. The Morgan fingerprint density at radius 2 is 2.17 bits per heavy atom. The van der Waals surface area contributed by atoms with Gasteiger partial charge in [-0.2, -0.15) is 5.10 Å². The van der Waals surface area contributed by atoms with Crippen molar-refractivity contribution in [2.24, 2.45) is 7.05 Å². The number of aryl methyl sites for hydroxylation is 1. The summed E-state index contributed by atoms with van der Waals surface area (Å²) in [4.78, 5) is 26.2. The Morgan fingerprint density at radius 1 is 1.39 bits per heavy atom. The molecule has 0 saturated carbocycles. The Kier molecular flexibility index (Phi) is 3.05. The molecule has 0 aliphatic carbocycles. The van der Waals surface area contributed by atoms with Gasteiger partial charge in [-0.3, -0.25) is 14.5 Å². The monoisotopic (exact) mass is 246 g/mol. The molecule has 2 N–H and O–H groups in total. The lowest BCUT2D eigenvalue weighted by Crippen LogP contribution is -2.13. The average Bonchev–Trinajstić information content (AvgIpc) is 2.76. The van der Waals surface area contributed by atoms with E-state index in [1.165, 1.54) is 23.1 Å². The topological polar surface area (TPSA) is 97.1 Å². The zero-order chi connectivity index (χ0) is 13.1. The van der Waals surface area contributed by atoms with Gasteiger partial charge in [-0.05, 0) is 12.1 Å². The molecule has 2 aromatic rings. The number of aromatic nitrogens is 3. The molecule has 92 valence electrons. The fraction of sp³-hybridized carbons (Fsp3) is 0.0909. The van der Waals surface area contributed by atoms with E-state index in [1.807, 2.05) is 0 Å². The second kappa shape index (κ2) is 4.66. The first kappa shape index (κ1) is 11.8. The quantitative estimate of drug-likeness (QED) is 0.833. The number of hydrogen-bond acceptors (Lipinski definition) is 4. The zero-order valence-electron chi connectivity index (χ0n) is 9.49. The molecule has 2 aromatic heterocycles. The van der Waals surface area contributed by atoms with Gasteiger partial charge in [-0.1, -0.05) is 0 Å². The molecule has 0 saturated heterocycles. The van der Waals surface area contributed by atoms with Crippen molar-refractivity contribution < 1.29 is 14.7 Å². The SMILES string of the molecule is Cn1ccc(C(=O)Nc2cncc(C(=O)O)c2)n1. The van der Waals surface area contributed by atoms with Crippen LogP contribution in [-0.2, 0) is 7.05 Å². The Morgan fingerprint density at radius 3 is 2.78 bits per heavy atom. The number of hydrogen-bond donors (Lipinski definition) is 2. The van der Waals surface area contributed by atoms with Gasteiger partial charge in [0.2, 0.25) is 0 Å². The average molecular weight is 246 g/mol. The van der Waals surface area contributed by atoms with Gasteiger partial charge >= 0.3 is 5.97 Å². The summed E-state index contributed by atoms with van der Waals surface area (Å²) < 4.78 is 1.50. The van der Waals surface area contributed by atoms with E-state index in [-0.39, 0.29) is 11.3 Å². The summed E-state index contributed by atoms with van der Waals surface area (Å²) in [6, 6.07) is 2.89. The number of carbonyl (C=O) groups excluding carboxylic acids is 1. The summed E-state index contributed by atoms with van der Waals surface area (Å²) >= 11 is 0. The summed E-state index contributed by atoms with van der Waals surface area (Å²) in [5.41, 5.74) is 0.567. The molecule has 0 atom stereocenters. The molecule has 0 aliphatic rings. The summed E-state index contributed by atoms with van der Waals surface area (Å²) in [5, 5.41) is 15.3. The molecular formula is C11H10N4O3. The van der Waals surface area contributed by atoms with Gasteiger partial charge in [0.1, 0.15) is 0 Å². The lowest BCUT2D eigenvalue weighted by Gasteiger charge is -2.03. The number of nitrogens with zero attached hydrogens (tertiary/aromatic N) is 3. The number of aromatic carboxylic acids is 1. The Bertz CT molecular complexity index is 606. The molecule has 18 heavy (non-hydrogen) atoms. The predicted molar refractivity (Wildman–Crippen MR) is 62.4 cm³/mol. The highest BCUT2D eigenvalue weighted by Crippen LogP contribution is 2.09. The molecule has 7 heteroatoms. The molecule has 0 aliphatic heterocycles. The van der Waals surface area contributed by atoms with Crippen molar-refractivity contribution >= 4 is 17.6 Å². The van der Waals surface area contributed by atoms with Crippen LogP contribution in [0.5, 0.6) is 0 Å². The van der Waals surface area contributed by atoms with Crippen LogP contribution >= 0.6 is 0 Å². The minimum atomic E-state index is -1.10. The lowest BCUT2D eigenvalue weighted by atomic mass is 10.2. The van der Waals surface area contributed by atoms with Crippen LogP contribution < -0.4 is 5.32 Å². The summed E-state index contributed by atoms with van der Waals surface area (Å²) in [6.45, 7) is 0. The lowest BCUT2D eigenvalue weighted by molar-refractivity contribution is 0.0696. The van der Waals surface area contributed by atoms with E-state index in [2.05, 4.69) is 15.4 Å². The summed E-state index contributed by atoms with van der Waals surface area (Å²) in [5.74, 6) is -1.52. The van der Waals surface area contributed by atoms with E-state index in [0.29, 0.717) is 5.69 Å². The Labute approximate surface area is 102 Å². The third kappa shape index (κ3) is 2.51. The number of amides is 1. The highest BCUT2D eigenvalue weighted by molar-refractivity contribution is 6.03. The van der Waals surface area contributed by atoms with Crippen LogP contribution in [0.4, 0.5) is 5.69 Å². The predicted octanol–water partition coefficient (Wildman–Crippen LogP) is 0.766. The molecule has 0 bridgehead atoms. The maximum atomic E-state index is 11.7. The summed E-state index contributed by atoms with van der Waals surface area (Å²) in [7, 11) is 1.70. The molecular weight excluding hydrogens is 236 g/mol. The van der Waals surface area contributed by atoms with E-state index >= 15 is 0 Å². The van der Waals surface area contributed by atoms with Crippen LogP contribution in [0.3, 0.4) is 0 Å². The minimum Gasteiger partial charge on any atom is -0.478 e. The van der Waals surface area contributed by atoms with Gasteiger partial charge in [0, 0.05) is 19.4 Å². The third-order valence-electron chi connectivity index (χ3n) is 2.19. The molecule has 0 spiro atoms. The van der Waals surface area contributed by atoms with Crippen molar-refractivity contribution in [1.82, 2.24) is 14.8 Å². The van der Waals surface area contributed by atoms with Crippen LogP contribution in [0.15, 0.2) is 30.7 Å². The van der Waals surface area contributed by atoms with E-state index < -0.39 is 11.9 Å². The number of carboxylic acids is 1. The van der Waals surface area contributed by atoms with Crippen LogP contribution in [0.25, 0.3) is 0 Å². The first-order valence-electron chi connectivity index (χ1n) is 5.05. The first-order valence-corrected chi connectivity index (χ1v) is 5.05. The second-order valence-electron chi connectivity index (χ2n) is 3.60. The normalized spacial score (nSPS) is 10.1. The number of rotatable bonds is 3. The minimum absolute atomic E-state index is 0.00817. The van der Waals surface area contributed by atoms with Gasteiger partial charge in [0.05, 0.1) is 17.4 Å². The van der Waals surface area contributed by atoms with Crippen molar-refractivity contribution in [2.45, 2.75) is 0 Å². The smallest absolute Gasteiger partial charge is 0.337 e. The fourth-order valence-electron chi connectivity index (χ4n) is 1.36. The molecule has 2 heterocycles. The maximum Gasteiger partial charge on any atom is 0.337 e. The van der Waals surface area contributed by atoms with Gasteiger partial charge in [-0.25, -0.2) is 4.79 Å². The molecule has 0 aromatic carbocycles. The number of nitrogens with one attached hydrogen (secondary N) is 1. The van der Waals surface area contributed by atoms with E-state index in [9.17, 15) is 9.59 Å². The van der Waals surface area contributed by atoms with Gasteiger partial charge in [0.15, 0.2) is 5.69 Å². The van der Waals surface area contributed by atoms with Crippen LogP contribution in [0.2, 0.25) is 0 Å². The van der Waals surface area contributed by atoms with Gasteiger partial charge in [0.25, 0.3) is 5.91 Å². The van der Waals surface area contributed by atoms with Crippen molar-refractivity contribution in [3.8, 4) is 0 Å². The van der Waals surface area contributed by atoms with Gasteiger partial charge < -0.3 is 10.4 Å². The van der Waals surface area contributed by atoms with Crippen LogP contribution in [-0.4, -0.2) is 31.7 Å². The second-order valence-corrected chi connectivity index (χ2v) is 3.60. The number of carbonyl (C=O) groups is 2. The van der Waals surface area contributed by atoms with Crippen LogP contribution in [0.1, 0.15) is 20.8 Å². The molecule has 7 nitrogen and oxygen atoms in total. The third-order valence-corrected chi connectivity index (χ3v) is 2.19. The first-order chi connectivity index (χ1) is 8.56. The van der Waals surface area contributed by atoms with E-state index in [1.54, 1.807) is 19.3 Å². The van der Waals surface area contributed by atoms with Crippen molar-refractivity contribution in [2.75, 3.05) is 5.32 Å². The molecule has 2 rings (SSSR count). The van der Waals surface area contributed by atoms with Crippen LogP contribution in [0, 0.1) is 0 Å². The van der Waals surface area contributed by atoms with E-state index in [0.717, 1.165) is 0 Å². The maximum absolute atomic E-state index is 11.7. The fourth-order valence-corrected chi connectivity index (χ4v) is 1.36. The zero-order valence-corrected chi connectivity index (χ0v) is 9.49. The number of pyridine rings is 1. The molecule has 0 unspecified atom stereocenters. The molecule has 1 amide bonds. The van der Waals surface area contributed by atoms with Crippen molar-refractivity contribution in [1.29, 1.82) is 0 Å². The van der Waals surface area contributed by atoms with Crippen molar-refractivity contribution in [3.05, 3.63) is 42.0 Å². The highest BCUT2D eigenvalue weighted by Gasteiger charge is 2.10. The van der Waals surface area contributed by atoms with Gasteiger partial charge in [-0.15, -0.1) is 0 Å². The summed E-state index contributed by atoms with van der Waals surface area (Å²) in [6.07, 6.45) is 4.22.